The standard InChI is InChI=1S/C21H20FN3O2S/c22-17-7-5-15(6-8-17)14-24-9-11-25(12-10-24)21-23-20(27)19(28-21)13-16-3-1-2-4-18(16)26/h1-8,13,26H,9-12,14H2/b19-13-. The number of rotatable bonds is 3. The molecule has 1 saturated heterocycles. The second kappa shape index (κ2) is 8.16. The van der Waals surface area contributed by atoms with E-state index >= 15 is 0 Å². The Hall–Kier alpha value is -2.64. The molecule has 7 heteroatoms. The van der Waals surface area contributed by atoms with Crippen molar-refractivity contribution in [3.8, 4) is 5.75 Å². The summed E-state index contributed by atoms with van der Waals surface area (Å²) in [6.07, 6.45) is 1.68. The molecule has 2 aromatic carbocycles. The molecule has 0 radical (unpaired) electrons. The lowest BCUT2D eigenvalue weighted by atomic mass is 10.2. The Kier molecular flexibility index (Phi) is 5.45. The number of thioether (sulfide) groups is 1. The summed E-state index contributed by atoms with van der Waals surface area (Å²) in [7, 11) is 0. The quantitative estimate of drug-likeness (QED) is 0.806. The number of hydrogen-bond acceptors (Lipinski definition) is 5. The monoisotopic (exact) mass is 397 g/mol. The maximum atomic E-state index is 13.0. The zero-order valence-corrected chi connectivity index (χ0v) is 16.0. The molecule has 2 aromatic rings. The number of aromatic hydroxyl groups is 1. The minimum absolute atomic E-state index is 0.145. The smallest absolute Gasteiger partial charge is 0.286 e. The maximum Gasteiger partial charge on any atom is 0.286 e. The van der Waals surface area contributed by atoms with Crippen LogP contribution in [-0.4, -0.2) is 52.2 Å². The van der Waals surface area contributed by atoms with Crippen molar-refractivity contribution < 1.29 is 14.3 Å². The molecule has 1 fully saturated rings. The molecule has 0 bridgehead atoms. The molecule has 2 heterocycles. The number of hydrogen-bond donors (Lipinski definition) is 1. The lowest BCUT2D eigenvalue weighted by Gasteiger charge is -2.35. The number of carbonyl (C=O) groups is 1. The SMILES string of the molecule is O=C1N=C(N2CCN(Cc3ccc(F)cc3)CC2)S/C1=C\c1ccccc1O. The van der Waals surface area contributed by atoms with Gasteiger partial charge in [0.15, 0.2) is 5.17 Å². The number of phenolic OH excluding ortho intramolecular Hbond substituents is 1. The lowest BCUT2D eigenvalue weighted by Crippen LogP contribution is -2.47. The summed E-state index contributed by atoms with van der Waals surface area (Å²) in [6.45, 7) is 4.05. The second-order valence-electron chi connectivity index (χ2n) is 6.76. The fraction of sp³-hybridized carbons (Fsp3) is 0.238. The van der Waals surface area contributed by atoms with E-state index < -0.39 is 0 Å². The number of carbonyl (C=O) groups excluding carboxylic acids is 1. The van der Waals surface area contributed by atoms with Crippen molar-refractivity contribution in [2.75, 3.05) is 26.2 Å². The van der Waals surface area contributed by atoms with E-state index in [4.69, 9.17) is 0 Å². The van der Waals surface area contributed by atoms with Crippen LogP contribution in [0.1, 0.15) is 11.1 Å². The Balaban J connectivity index is 1.35. The predicted molar refractivity (Wildman–Crippen MR) is 109 cm³/mol. The molecule has 0 atom stereocenters. The van der Waals surface area contributed by atoms with Gasteiger partial charge in [-0.1, -0.05) is 30.3 Å². The van der Waals surface area contributed by atoms with E-state index in [0.717, 1.165) is 38.3 Å². The molecule has 1 N–H and O–H groups in total. The first-order valence-electron chi connectivity index (χ1n) is 9.11. The van der Waals surface area contributed by atoms with Gasteiger partial charge in [-0.3, -0.25) is 9.69 Å². The van der Waals surface area contributed by atoms with Gasteiger partial charge in [-0.25, -0.2) is 4.39 Å². The summed E-state index contributed by atoms with van der Waals surface area (Å²) in [5.41, 5.74) is 1.70. The Labute approximate surface area is 167 Å². The number of para-hydroxylation sites is 1. The summed E-state index contributed by atoms with van der Waals surface area (Å²) in [5.74, 6) is -0.342. The summed E-state index contributed by atoms with van der Waals surface area (Å²) in [6, 6.07) is 13.5. The number of amides is 1. The van der Waals surface area contributed by atoms with Crippen LogP contribution in [0.15, 0.2) is 58.4 Å². The third kappa shape index (κ3) is 4.26. The van der Waals surface area contributed by atoms with Crippen LogP contribution in [0, 0.1) is 5.82 Å². The molecule has 1 amide bonds. The summed E-state index contributed by atoms with van der Waals surface area (Å²) in [5, 5.41) is 10.6. The van der Waals surface area contributed by atoms with Crippen molar-refractivity contribution in [1.82, 2.24) is 9.80 Å². The number of amidine groups is 1. The molecule has 28 heavy (non-hydrogen) atoms. The molecule has 0 spiro atoms. The van der Waals surface area contributed by atoms with Crippen LogP contribution in [0.4, 0.5) is 4.39 Å². The lowest BCUT2D eigenvalue weighted by molar-refractivity contribution is -0.113. The molecule has 2 aliphatic heterocycles. The van der Waals surface area contributed by atoms with Crippen LogP contribution < -0.4 is 0 Å². The zero-order chi connectivity index (χ0) is 19.5. The van der Waals surface area contributed by atoms with Gasteiger partial charge in [0.25, 0.3) is 5.91 Å². The Morgan fingerprint density at radius 1 is 1.07 bits per heavy atom. The largest absolute Gasteiger partial charge is 0.507 e. The maximum absolute atomic E-state index is 13.0. The summed E-state index contributed by atoms with van der Waals surface area (Å²) in [4.78, 5) is 21.4. The molecule has 0 aromatic heterocycles. The van der Waals surface area contributed by atoms with Crippen molar-refractivity contribution in [3.05, 3.63) is 70.4 Å². The topological polar surface area (TPSA) is 56.1 Å². The summed E-state index contributed by atoms with van der Waals surface area (Å²) >= 11 is 1.35. The first-order valence-corrected chi connectivity index (χ1v) is 9.92. The number of piperazine rings is 1. The van der Waals surface area contributed by atoms with E-state index in [1.807, 2.05) is 18.2 Å². The molecule has 4 rings (SSSR count). The number of nitrogens with zero attached hydrogens (tertiary/aromatic N) is 3. The normalized spacial score (nSPS) is 19.3. The van der Waals surface area contributed by atoms with Crippen LogP contribution >= 0.6 is 11.8 Å². The first-order chi connectivity index (χ1) is 13.6. The van der Waals surface area contributed by atoms with Gasteiger partial charge >= 0.3 is 0 Å². The molecule has 0 saturated carbocycles. The molecular weight excluding hydrogens is 377 g/mol. The van der Waals surface area contributed by atoms with Crippen LogP contribution in [-0.2, 0) is 11.3 Å². The summed E-state index contributed by atoms with van der Waals surface area (Å²) < 4.78 is 13.0. The van der Waals surface area contributed by atoms with Gasteiger partial charge in [-0.15, -0.1) is 0 Å². The average molecular weight is 397 g/mol. The van der Waals surface area contributed by atoms with Crippen molar-refractivity contribution in [1.29, 1.82) is 0 Å². The second-order valence-corrected chi connectivity index (χ2v) is 7.77. The third-order valence-corrected chi connectivity index (χ3v) is 5.84. The number of benzene rings is 2. The highest BCUT2D eigenvalue weighted by Crippen LogP contribution is 2.32. The molecule has 0 aliphatic carbocycles. The molecule has 5 nitrogen and oxygen atoms in total. The van der Waals surface area contributed by atoms with Crippen LogP contribution in [0.3, 0.4) is 0 Å². The zero-order valence-electron chi connectivity index (χ0n) is 15.2. The van der Waals surface area contributed by atoms with Crippen molar-refractivity contribution in [2.24, 2.45) is 4.99 Å². The highest BCUT2D eigenvalue weighted by atomic mass is 32.2. The Bertz CT molecular complexity index is 935. The minimum Gasteiger partial charge on any atom is -0.507 e. The van der Waals surface area contributed by atoms with Gasteiger partial charge in [-0.2, -0.15) is 4.99 Å². The highest BCUT2D eigenvalue weighted by molar-refractivity contribution is 8.18. The van der Waals surface area contributed by atoms with Crippen LogP contribution in [0.2, 0.25) is 0 Å². The number of halogens is 1. The average Bonchev–Trinajstić information content (AvgIpc) is 3.06. The van der Waals surface area contributed by atoms with Gasteiger partial charge < -0.3 is 10.0 Å². The van der Waals surface area contributed by atoms with Gasteiger partial charge in [0.05, 0.1) is 4.91 Å². The van der Waals surface area contributed by atoms with Gasteiger partial charge in [-0.05, 0) is 41.6 Å². The van der Waals surface area contributed by atoms with E-state index in [1.54, 1.807) is 24.3 Å². The van der Waals surface area contributed by atoms with Crippen molar-refractivity contribution in [3.63, 3.8) is 0 Å². The van der Waals surface area contributed by atoms with E-state index in [9.17, 15) is 14.3 Å². The van der Waals surface area contributed by atoms with Gasteiger partial charge in [0.2, 0.25) is 0 Å². The van der Waals surface area contributed by atoms with Crippen molar-refractivity contribution in [2.45, 2.75) is 6.54 Å². The Morgan fingerprint density at radius 3 is 2.50 bits per heavy atom. The molecule has 2 aliphatic rings. The highest BCUT2D eigenvalue weighted by Gasteiger charge is 2.28. The fourth-order valence-electron chi connectivity index (χ4n) is 3.23. The minimum atomic E-state index is -0.267. The number of phenols is 1. The van der Waals surface area contributed by atoms with Crippen LogP contribution in [0.5, 0.6) is 5.75 Å². The molecular formula is C21H20FN3O2S. The fourth-order valence-corrected chi connectivity index (χ4v) is 4.19. The number of aliphatic imine (C=N–C) groups is 1. The third-order valence-electron chi connectivity index (χ3n) is 4.79. The predicted octanol–water partition coefficient (Wildman–Crippen LogP) is 3.32. The Morgan fingerprint density at radius 2 is 1.79 bits per heavy atom. The molecule has 0 unspecified atom stereocenters. The van der Waals surface area contributed by atoms with Gasteiger partial charge in [0, 0.05) is 38.3 Å². The van der Waals surface area contributed by atoms with Crippen LogP contribution in [0.25, 0.3) is 6.08 Å². The van der Waals surface area contributed by atoms with Crippen molar-refractivity contribution >= 4 is 28.9 Å². The van der Waals surface area contributed by atoms with E-state index in [0.29, 0.717) is 15.6 Å². The molecule has 144 valence electrons. The van der Waals surface area contributed by atoms with E-state index in [2.05, 4.69) is 14.8 Å². The van der Waals surface area contributed by atoms with E-state index in [1.165, 1.54) is 23.9 Å². The van der Waals surface area contributed by atoms with Gasteiger partial charge in [0.1, 0.15) is 11.6 Å². The first kappa shape index (κ1) is 18.7. The van der Waals surface area contributed by atoms with E-state index in [-0.39, 0.29) is 17.5 Å².